The monoisotopic (exact) mass is 437 g/mol. The first kappa shape index (κ1) is 21.9. The van der Waals surface area contributed by atoms with Crippen molar-refractivity contribution in [3.05, 3.63) is 54.0 Å². The molecule has 1 fully saturated rings. The molecule has 1 amide bonds. The molecule has 32 heavy (non-hydrogen) atoms. The third kappa shape index (κ3) is 5.49. The van der Waals surface area contributed by atoms with E-state index in [1.54, 1.807) is 25.4 Å². The molecule has 9 nitrogen and oxygen atoms in total. The average Bonchev–Trinajstić information content (AvgIpc) is 3.45. The number of ether oxygens (including phenoxy) is 2. The van der Waals surface area contributed by atoms with E-state index in [2.05, 4.69) is 25.3 Å². The van der Waals surface area contributed by atoms with Crippen molar-refractivity contribution in [2.45, 2.75) is 32.4 Å². The molecule has 4 rings (SSSR count). The normalized spacial score (nSPS) is 16.2. The van der Waals surface area contributed by atoms with E-state index in [9.17, 15) is 4.79 Å². The number of anilines is 1. The number of carbonyl (C=O) groups excluding carboxylic acids is 1. The molecule has 0 bridgehead atoms. The fourth-order valence-corrected chi connectivity index (χ4v) is 3.77. The van der Waals surface area contributed by atoms with E-state index < -0.39 is 0 Å². The molecule has 1 atom stereocenters. The van der Waals surface area contributed by atoms with Crippen LogP contribution in [0.5, 0.6) is 5.75 Å². The molecule has 1 aromatic carbocycles. The predicted molar refractivity (Wildman–Crippen MR) is 118 cm³/mol. The first-order valence-corrected chi connectivity index (χ1v) is 10.6. The highest BCUT2D eigenvalue weighted by molar-refractivity contribution is 5.88. The van der Waals surface area contributed by atoms with E-state index in [4.69, 9.17) is 14.0 Å². The molecule has 3 aromatic rings. The molecule has 0 spiro atoms. The maximum Gasteiger partial charge on any atom is 0.244 e. The first-order valence-electron chi connectivity index (χ1n) is 10.6. The second kappa shape index (κ2) is 10.3. The Morgan fingerprint density at radius 2 is 2.09 bits per heavy atom. The van der Waals surface area contributed by atoms with Gasteiger partial charge in [0.1, 0.15) is 18.1 Å². The quantitative estimate of drug-likeness (QED) is 0.508. The highest BCUT2D eigenvalue weighted by Crippen LogP contribution is 2.33. The number of hydrogen-bond acceptors (Lipinski definition) is 8. The van der Waals surface area contributed by atoms with Gasteiger partial charge in [-0.25, -0.2) is 0 Å². The van der Waals surface area contributed by atoms with Gasteiger partial charge in [0.05, 0.1) is 12.6 Å². The fraction of sp³-hybridized carbons (Fsp3) is 0.391. The minimum Gasteiger partial charge on any atom is -0.491 e. The highest BCUT2D eigenvalue weighted by Gasteiger charge is 2.31. The van der Waals surface area contributed by atoms with Crippen LogP contribution in [0.25, 0.3) is 11.5 Å². The molecule has 0 unspecified atom stereocenters. The van der Waals surface area contributed by atoms with E-state index in [-0.39, 0.29) is 11.9 Å². The lowest BCUT2D eigenvalue weighted by molar-refractivity contribution is -0.114. The van der Waals surface area contributed by atoms with Gasteiger partial charge in [-0.05, 0) is 43.1 Å². The van der Waals surface area contributed by atoms with Gasteiger partial charge >= 0.3 is 0 Å². The Labute approximate surface area is 186 Å². The number of benzene rings is 1. The number of methoxy groups -OCH3 is 1. The van der Waals surface area contributed by atoms with Crippen molar-refractivity contribution >= 4 is 11.6 Å². The van der Waals surface area contributed by atoms with E-state index in [1.165, 1.54) is 6.92 Å². The molecule has 0 radical (unpaired) electrons. The Balaban J connectivity index is 1.43. The standard InChI is InChI=1S/C23H27N5O4/c1-16(29)25-18-7-5-17(6-8-18)15-28-11-3-4-21(28)23-26-22(27-32-23)20-14-19(9-10-24-20)31-13-12-30-2/h5-10,14,21H,3-4,11-13,15H2,1-2H3,(H,25,29)/t21-/m0/s1. The Bertz CT molecular complexity index is 1040. The van der Waals surface area contributed by atoms with E-state index in [1.807, 2.05) is 24.3 Å². The van der Waals surface area contributed by atoms with Crippen molar-refractivity contribution in [1.29, 1.82) is 0 Å². The number of carbonyl (C=O) groups is 1. The molecule has 9 heteroatoms. The fourth-order valence-electron chi connectivity index (χ4n) is 3.77. The van der Waals surface area contributed by atoms with Gasteiger partial charge in [-0.1, -0.05) is 17.3 Å². The third-order valence-electron chi connectivity index (χ3n) is 5.27. The predicted octanol–water partition coefficient (Wildman–Crippen LogP) is 3.45. The summed E-state index contributed by atoms with van der Waals surface area (Å²) in [5.74, 6) is 1.65. The molecular formula is C23H27N5O4. The van der Waals surface area contributed by atoms with Crippen molar-refractivity contribution < 1.29 is 18.8 Å². The Morgan fingerprint density at radius 1 is 1.25 bits per heavy atom. The molecular weight excluding hydrogens is 410 g/mol. The number of nitrogens with zero attached hydrogens (tertiary/aromatic N) is 4. The largest absolute Gasteiger partial charge is 0.491 e. The van der Waals surface area contributed by atoms with Crippen LogP contribution in [0.1, 0.15) is 37.3 Å². The summed E-state index contributed by atoms with van der Waals surface area (Å²) in [5, 5.41) is 6.94. The zero-order valence-electron chi connectivity index (χ0n) is 18.3. The summed E-state index contributed by atoms with van der Waals surface area (Å²) in [6.07, 6.45) is 3.69. The Hall–Kier alpha value is -3.30. The molecule has 1 saturated heterocycles. The number of likely N-dealkylation sites (tertiary alicyclic amines) is 1. The lowest BCUT2D eigenvalue weighted by atomic mass is 10.1. The molecule has 0 saturated carbocycles. The van der Waals surface area contributed by atoms with Crippen molar-refractivity contribution in [3.63, 3.8) is 0 Å². The van der Waals surface area contributed by atoms with Gasteiger partial charge in [-0.15, -0.1) is 0 Å². The summed E-state index contributed by atoms with van der Waals surface area (Å²) in [5.41, 5.74) is 2.56. The van der Waals surface area contributed by atoms with Gasteiger partial charge in [-0.2, -0.15) is 4.98 Å². The zero-order valence-corrected chi connectivity index (χ0v) is 18.3. The van der Waals surface area contributed by atoms with Crippen molar-refractivity contribution in [3.8, 4) is 17.3 Å². The summed E-state index contributed by atoms with van der Waals surface area (Å²) < 4.78 is 16.3. The number of amides is 1. The van der Waals surface area contributed by atoms with Crippen LogP contribution in [0.4, 0.5) is 5.69 Å². The summed E-state index contributed by atoms with van der Waals surface area (Å²) in [6.45, 7) is 4.19. The molecule has 0 aliphatic carbocycles. The van der Waals surface area contributed by atoms with Crippen LogP contribution in [-0.2, 0) is 16.1 Å². The number of hydrogen-bond donors (Lipinski definition) is 1. The number of aromatic nitrogens is 3. The van der Waals surface area contributed by atoms with Crippen LogP contribution in [0.15, 0.2) is 47.1 Å². The van der Waals surface area contributed by atoms with Crippen molar-refractivity contribution in [2.24, 2.45) is 0 Å². The minimum atomic E-state index is -0.0777. The van der Waals surface area contributed by atoms with Gasteiger partial charge in [0.25, 0.3) is 0 Å². The van der Waals surface area contributed by atoms with Gasteiger partial charge in [0.15, 0.2) is 0 Å². The maximum absolute atomic E-state index is 11.2. The van der Waals surface area contributed by atoms with E-state index in [0.717, 1.165) is 37.2 Å². The van der Waals surface area contributed by atoms with Gasteiger partial charge in [-0.3, -0.25) is 14.7 Å². The zero-order chi connectivity index (χ0) is 22.3. The molecule has 3 heterocycles. The lowest BCUT2D eigenvalue weighted by Crippen LogP contribution is -2.23. The Morgan fingerprint density at radius 3 is 2.88 bits per heavy atom. The van der Waals surface area contributed by atoms with Crippen LogP contribution in [0, 0.1) is 0 Å². The topological polar surface area (TPSA) is 103 Å². The van der Waals surface area contributed by atoms with E-state index in [0.29, 0.717) is 36.4 Å². The summed E-state index contributed by atoms with van der Waals surface area (Å²) in [4.78, 5) is 22.5. The second-order valence-corrected chi connectivity index (χ2v) is 7.68. The molecule has 1 aliphatic heterocycles. The first-order chi connectivity index (χ1) is 15.6. The summed E-state index contributed by atoms with van der Waals surface area (Å²) in [7, 11) is 1.63. The number of rotatable bonds is 9. The van der Waals surface area contributed by atoms with Gasteiger partial charge < -0.3 is 19.3 Å². The SMILES string of the molecule is COCCOc1ccnc(-c2noc([C@@H]3CCCN3Cc3ccc(NC(C)=O)cc3)n2)c1. The molecule has 168 valence electrons. The van der Waals surface area contributed by atoms with Crippen LogP contribution in [0.2, 0.25) is 0 Å². The molecule has 1 N–H and O–H groups in total. The van der Waals surface area contributed by atoms with Crippen molar-refractivity contribution in [1.82, 2.24) is 20.0 Å². The summed E-state index contributed by atoms with van der Waals surface area (Å²) in [6, 6.07) is 11.5. The minimum absolute atomic E-state index is 0.0624. The lowest BCUT2D eigenvalue weighted by Gasteiger charge is -2.21. The molecule has 1 aliphatic rings. The second-order valence-electron chi connectivity index (χ2n) is 7.68. The summed E-state index contributed by atoms with van der Waals surface area (Å²) >= 11 is 0. The number of nitrogens with one attached hydrogen (secondary N) is 1. The van der Waals surface area contributed by atoms with Crippen LogP contribution in [0.3, 0.4) is 0 Å². The maximum atomic E-state index is 11.2. The van der Waals surface area contributed by atoms with E-state index >= 15 is 0 Å². The average molecular weight is 438 g/mol. The van der Waals surface area contributed by atoms with Crippen LogP contribution >= 0.6 is 0 Å². The van der Waals surface area contributed by atoms with Gasteiger partial charge in [0, 0.05) is 38.5 Å². The van der Waals surface area contributed by atoms with Crippen LogP contribution < -0.4 is 10.1 Å². The smallest absolute Gasteiger partial charge is 0.244 e. The van der Waals surface area contributed by atoms with Crippen LogP contribution in [-0.4, -0.2) is 52.8 Å². The third-order valence-corrected chi connectivity index (χ3v) is 5.27. The highest BCUT2D eigenvalue weighted by atomic mass is 16.5. The number of pyridine rings is 1. The molecule has 2 aromatic heterocycles. The van der Waals surface area contributed by atoms with Crippen molar-refractivity contribution in [2.75, 3.05) is 32.2 Å². The van der Waals surface area contributed by atoms with Gasteiger partial charge in [0.2, 0.25) is 17.6 Å². The Kier molecular flexibility index (Phi) is 7.08.